The molecule has 0 aliphatic carbocycles. The topological polar surface area (TPSA) is 37.0 Å². The molecule has 0 aliphatic heterocycles. The highest BCUT2D eigenvalue weighted by Gasteiger charge is 2.31. The fourth-order valence-corrected chi connectivity index (χ4v) is 2.19. The van der Waals surface area contributed by atoms with Gasteiger partial charge < -0.3 is 10.6 Å². The predicted octanol–water partition coefficient (Wildman–Crippen LogP) is 4.91. The number of pyridine rings is 1. The van der Waals surface area contributed by atoms with Gasteiger partial charge in [0.05, 0.1) is 5.56 Å². The molecule has 1 rings (SSSR count). The number of rotatable bonds is 8. The molecule has 0 amide bonds. The van der Waals surface area contributed by atoms with Gasteiger partial charge in [-0.15, -0.1) is 0 Å². The quantitative estimate of drug-likeness (QED) is 0.716. The molecule has 6 heteroatoms. The minimum atomic E-state index is -4.37. The van der Waals surface area contributed by atoms with E-state index in [0.717, 1.165) is 44.2 Å². The van der Waals surface area contributed by atoms with Crippen LogP contribution in [0.5, 0.6) is 0 Å². The molecule has 1 aromatic rings. The highest BCUT2D eigenvalue weighted by molar-refractivity contribution is 5.49. The van der Waals surface area contributed by atoms with Crippen LogP contribution in [-0.4, -0.2) is 18.1 Å². The van der Waals surface area contributed by atoms with Crippen molar-refractivity contribution in [3.63, 3.8) is 0 Å². The Balaban J connectivity index is 2.94. The molecular formula is C15H24F3N3. The summed E-state index contributed by atoms with van der Waals surface area (Å²) in [5, 5.41) is 5.83. The summed E-state index contributed by atoms with van der Waals surface area (Å²) in [5.74, 6) is 0.502. The van der Waals surface area contributed by atoms with Crippen molar-refractivity contribution in [1.82, 2.24) is 4.98 Å². The number of anilines is 2. The molecule has 0 radical (unpaired) electrons. The minimum Gasteiger partial charge on any atom is -0.373 e. The van der Waals surface area contributed by atoms with Gasteiger partial charge in [0.2, 0.25) is 0 Å². The van der Waals surface area contributed by atoms with Crippen molar-refractivity contribution in [3.8, 4) is 0 Å². The lowest BCUT2D eigenvalue weighted by molar-refractivity contribution is -0.137. The molecule has 0 aliphatic rings. The minimum absolute atomic E-state index is 0.163. The standard InChI is InChI=1S/C15H24F3N3/c1-4-6-8-12(7-5-2)20-14-10-11(15(16,17)18)9-13(19-3)21-14/h9-10,12H,4-8H2,1-3H3,(H2,19,20,21). The molecule has 0 bridgehead atoms. The first-order valence-corrected chi connectivity index (χ1v) is 7.44. The number of aromatic nitrogens is 1. The lowest BCUT2D eigenvalue weighted by Gasteiger charge is -2.20. The van der Waals surface area contributed by atoms with Crippen molar-refractivity contribution < 1.29 is 13.2 Å². The number of unbranched alkanes of at least 4 members (excludes halogenated alkanes) is 1. The molecule has 3 nitrogen and oxygen atoms in total. The van der Waals surface area contributed by atoms with Crippen LogP contribution in [0.15, 0.2) is 12.1 Å². The normalized spacial score (nSPS) is 13.0. The molecule has 120 valence electrons. The van der Waals surface area contributed by atoms with E-state index in [2.05, 4.69) is 29.5 Å². The largest absolute Gasteiger partial charge is 0.416 e. The van der Waals surface area contributed by atoms with Gasteiger partial charge in [0.15, 0.2) is 0 Å². The number of hydrogen-bond acceptors (Lipinski definition) is 3. The van der Waals surface area contributed by atoms with Gasteiger partial charge in [-0.2, -0.15) is 13.2 Å². The summed E-state index contributed by atoms with van der Waals surface area (Å²) >= 11 is 0. The van der Waals surface area contributed by atoms with Gasteiger partial charge >= 0.3 is 6.18 Å². The number of alkyl halides is 3. The third kappa shape index (κ3) is 5.81. The van der Waals surface area contributed by atoms with Crippen molar-refractivity contribution in [2.24, 2.45) is 0 Å². The van der Waals surface area contributed by atoms with E-state index in [0.29, 0.717) is 0 Å². The summed E-state index contributed by atoms with van der Waals surface area (Å²) in [6, 6.07) is 2.26. The zero-order valence-corrected chi connectivity index (χ0v) is 12.8. The molecule has 0 fully saturated rings. The average Bonchev–Trinajstić information content (AvgIpc) is 2.43. The lowest BCUT2D eigenvalue weighted by atomic mass is 10.1. The van der Waals surface area contributed by atoms with Crippen LogP contribution in [0.25, 0.3) is 0 Å². The molecule has 1 aromatic heterocycles. The van der Waals surface area contributed by atoms with Gasteiger partial charge in [-0.3, -0.25) is 0 Å². The Morgan fingerprint density at radius 2 is 1.76 bits per heavy atom. The summed E-state index contributed by atoms with van der Waals surface area (Å²) in [4.78, 5) is 4.17. The molecule has 0 spiro atoms. The third-order valence-corrected chi connectivity index (χ3v) is 3.30. The summed E-state index contributed by atoms with van der Waals surface area (Å²) in [6.45, 7) is 4.17. The van der Waals surface area contributed by atoms with Gasteiger partial charge in [0.25, 0.3) is 0 Å². The van der Waals surface area contributed by atoms with E-state index in [9.17, 15) is 13.2 Å². The Hall–Kier alpha value is -1.46. The van der Waals surface area contributed by atoms with Crippen LogP contribution in [0, 0.1) is 0 Å². The van der Waals surface area contributed by atoms with Gasteiger partial charge in [0.1, 0.15) is 11.6 Å². The molecule has 0 aromatic carbocycles. The Bertz CT molecular complexity index is 433. The number of halogens is 3. The van der Waals surface area contributed by atoms with Crippen molar-refractivity contribution in [1.29, 1.82) is 0 Å². The fraction of sp³-hybridized carbons (Fsp3) is 0.667. The lowest BCUT2D eigenvalue weighted by Crippen LogP contribution is -2.21. The van der Waals surface area contributed by atoms with Crippen LogP contribution in [0.3, 0.4) is 0 Å². The molecular weight excluding hydrogens is 279 g/mol. The molecule has 21 heavy (non-hydrogen) atoms. The second kappa shape index (κ2) is 8.10. The predicted molar refractivity (Wildman–Crippen MR) is 80.6 cm³/mol. The average molecular weight is 303 g/mol. The maximum absolute atomic E-state index is 12.9. The molecule has 2 N–H and O–H groups in total. The second-order valence-electron chi connectivity index (χ2n) is 5.15. The number of nitrogens with one attached hydrogen (secondary N) is 2. The van der Waals surface area contributed by atoms with Crippen molar-refractivity contribution in [2.45, 2.75) is 58.2 Å². The van der Waals surface area contributed by atoms with E-state index in [-0.39, 0.29) is 17.7 Å². The highest BCUT2D eigenvalue weighted by Crippen LogP contribution is 2.32. The van der Waals surface area contributed by atoms with Crippen LogP contribution >= 0.6 is 0 Å². The van der Waals surface area contributed by atoms with Crippen LogP contribution in [0.4, 0.5) is 24.8 Å². The molecule has 0 saturated heterocycles. The van der Waals surface area contributed by atoms with Crippen molar-refractivity contribution in [3.05, 3.63) is 17.7 Å². The van der Waals surface area contributed by atoms with E-state index >= 15 is 0 Å². The van der Waals surface area contributed by atoms with E-state index in [1.54, 1.807) is 7.05 Å². The Morgan fingerprint density at radius 3 is 2.29 bits per heavy atom. The monoisotopic (exact) mass is 303 g/mol. The molecule has 1 atom stereocenters. The zero-order chi connectivity index (χ0) is 15.9. The molecule has 0 saturated carbocycles. The van der Waals surface area contributed by atoms with Crippen molar-refractivity contribution in [2.75, 3.05) is 17.7 Å². The number of nitrogens with zero attached hydrogens (tertiary/aromatic N) is 1. The van der Waals surface area contributed by atoms with Crippen LogP contribution in [-0.2, 0) is 6.18 Å². The highest BCUT2D eigenvalue weighted by atomic mass is 19.4. The van der Waals surface area contributed by atoms with Crippen LogP contribution < -0.4 is 10.6 Å². The fourth-order valence-electron chi connectivity index (χ4n) is 2.19. The van der Waals surface area contributed by atoms with E-state index < -0.39 is 11.7 Å². The first-order chi connectivity index (χ1) is 9.90. The van der Waals surface area contributed by atoms with Gasteiger partial charge in [-0.1, -0.05) is 33.1 Å². The Labute approximate surface area is 124 Å². The van der Waals surface area contributed by atoms with E-state index in [1.165, 1.54) is 0 Å². The van der Waals surface area contributed by atoms with Gasteiger partial charge in [0, 0.05) is 13.1 Å². The third-order valence-electron chi connectivity index (χ3n) is 3.30. The zero-order valence-electron chi connectivity index (χ0n) is 12.8. The van der Waals surface area contributed by atoms with Crippen LogP contribution in [0.1, 0.15) is 51.5 Å². The molecule has 1 heterocycles. The van der Waals surface area contributed by atoms with Crippen molar-refractivity contribution >= 4 is 11.6 Å². The van der Waals surface area contributed by atoms with E-state index in [4.69, 9.17) is 0 Å². The summed E-state index contributed by atoms with van der Waals surface area (Å²) in [5.41, 5.74) is -0.685. The smallest absolute Gasteiger partial charge is 0.373 e. The Kier molecular flexibility index (Phi) is 6.78. The maximum atomic E-state index is 12.9. The molecule has 1 unspecified atom stereocenters. The van der Waals surface area contributed by atoms with Gasteiger partial charge in [-0.05, 0) is 25.0 Å². The summed E-state index contributed by atoms with van der Waals surface area (Å²) in [7, 11) is 1.56. The second-order valence-corrected chi connectivity index (χ2v) is 5.15. The van der Waals surface area contributed by atoms with Gasteiger partial charge in [-0.25, -0.2) is 4.98 Å². The van der Waals surface area contributed by atoms with Crippen LogP contribution in [0.2, 0.25) is 0 Å². The summed E-state index contributed by atoms with van der Waals surface area (Å²) < 4.78 is 38.7. The van der Waals surface area contributed by atoms with E-state index in [1.807, 2.05) is 0 Å². The summed E-state index contributed by atoms with van der Waals surface area (Å²) in [6.07, 6.45) is 0.604. The number of hydrogen-bond donors (Lipinski definition) is 2. The maximum Gasteiger partial charge on any atom is 0.416 e. The Morgan fingerprint density at radius 1 is 1.10 bits per heavy atom. The first-order valence-electron chi connectivity index (χ1n) is 7.44. The first kappa shape index (κ1) is 17.6. The SMILES string of the molecule is CCCCC(CCC)Nc1cc(C(F)(F)F)cc(NC)n1.